The van der Waals surface area contributed by atoms with Crippen LogP contribution in [0.2, 0.25) is 0 Å². The van der Waals surface area contributed by atoms with Gasteiger partial charge in [0.05, 0.1) is 26.4 Å². The molecule has 0 aliphatic carbocycles. The Labute approximate surface area is 556 Å². The van der Waals surface area contributed by atoms with Crippen LogP contribution in [0.5, 0.6) is 0 Å². The van der Waals surface area contributed by atoms with Crippen molar-refractivity contribution in [3.63, 3.8) is 0 Å². The van der Waals surface area contributed by atoms with Crippen LogP contribution in [0.3, 0.4) is 0 Å². The second-order valence-electron chi connectivity index (χ2n) is 26.9. The third-order valence-electron chi connectivity index (χ3n) is 16.7. The van der Waals surface area contributed by atoms with E-state index in [0.29, 0.717) is 31.6 Å². The number of esters is 4. The summed E-state index contributed by atoms with van der Waals surface area (Å²) in [4.78, 5) is 72.6. The summed E-state index contributed by atoms with van der Waals surface area (Å²) in [6.07, 6.45) is 50.1. The van der Waals surface area contributed by atoms with Gasteiger partial charge >= 0.3 is 39.5 Å². The Morgan fingerprint density at radius 3 is 0.747 bits per heavy atom. The minimum absolute atomic E-state index is 0.106. The van der Waals surface area contributed by atoms with E-state index in [2.05, 4.69) is 41.5 Å². The molecule has 17 nitrogen and oxygen atoms in total. The van der Waals surface area contributed by atoms with Crippen molar-refractivity contribution in [1.29, 1.82) is 0 Å². The molecule has 0 saturated carbocycles. The molecule has 0 aliphatic heterocycles. The molecule has 0 aromatic rings. The molecule has 0 aromatic heterocycles. The fourth-order valence-electron chi connectivity index (χ4n) is 10.9. The van der Waals surface area contributed by atoms with Gasteiger partial charge in [-0.3, -0.25) is 37.3 Å². The summed E-state index contributed by atoms with van der Waals surface area (Å²) in [5, 5.41) is 10.6. The lowest BCUT2D eigenvalue weighted by molar-refractivity contribution is -0.161. The Balaban J connectivity index is 5.22. The standard InChI is InChI=1S/C72H140O17P2/c1-7-9-11-13-15-17-19-21-22-23-24-25-26-28-32-37-45-51-57-72(77)88-67(60-82-69(74)54-48-42-35-33-29-30-34-40-46-52-64(3)4)62-86-90(78,79)84-58-66(73)59-85-91(80,81)87-63-68(61-83-70(75)55-49-43-39-38-41-47-53-65(5)6)89-71(76)56-50-44-36-31-27-20-18-16-14-12-10-8-2/h64-68,73H,7-63H2,1-6H3,(H,78,79)(H,80,81)/t66-,67-,68-/m1/s1. The molecule has 0 bridgehead atoms. The lowest BCUT2D eigenvalue weighted by Gasteiger charge is -2.21. The molecule has 19 heteroatoms. The highest BCUT2D eigenvalue weighted by molar-refractivity contribution is 7.47. The predicted octanol–water partition coefficient (Wildman–Crippen LogP) is 20.8. The summed E-state index contributed by atoms with van der Waals surface area (Å²) in [6, 6.07) is 0. The highest BCUT2D eigenvalue weighted by atomic mass is 31.2. The van der Waals surface area contributed by atoms with Crippen molar-refractivity contribution in [2.75, 3.05) is 39.6 Å². The first kappa shape index (κ1) is 89.1. The van der Waals surface area contributed by atoms with E-state index in [-0.39, 0.29) is 25.7 Å². The van der Waals surface area contributed by atoms with Gasteiger partial charge in [-0.25, -0.2) is 9.13 Å². The molecule has 0 rings (SSSR count). The highest BCUT2D eigenvalue weighted by Gasteiger charge is 2.30. The van der Waals surface area contributed by atoms with Crippen molar-refractivity contribution in [3.8, 4) is 0 Å². The number of unbranched alkanes of at least 4 members (excludes halogenated alkanes) is 41. The number of carbonyl (C=O) groups excluding carboxylic acids is 4. The van der Waals surface area contributed by atoms with Crippen molar-refractivity contribution in [3.05, 3.63) is 0 Å². The first-order valence-electron chi connectivity index (χ1n) is 37.5. The average Bonchev–Trinajstić information content (AvgIpc) is 3.70. The van der Waals surface area contributed by atoms with Crippen LogP contribution in [0.4, 0.5) is 0 Å². The second-order valence-corrected chi connectivity index (χ2v) is 29.8. The number of carbonyl (C=O) groups is 4. The van der Waals surface area contributed by atoms with Gasteiger partial charge in [0.25, 0.3) is 0 Å². The first-order chi connectivity index (χ1) is 43.9. The van der Waals surface area contributed by atoms with Gasteiger partial charge in [-0.2, -0.15) is 0 Å². The second kappa shape index (κ2) is 64.1. The van der Waals surface area contributed by atoms with Crippen LogP contribution in [-0.2, 0) is 65.4 Å². The molecular weight excluding hydrogens is 1200 g/mol. The van der Waals surface area contributed by atoms with Crippen molar-refractivity contribution in [2.24, 2.45) is 11.8 Å². The van der Waals surface area contributed by atoms with Gasteiger partial charge < -0.3 is 33.8 Å². The van der Waals surface area contributed by atoms with Crippen LogP contribution in [0, 0.1) is 11.8 Å². The van der Waals surface area contributed by atoms with E-state index in [1.54, 1.807) is 0 Å². The largest absolute Gasteiger partial charge is 0.472 e. The summed E-state index contributed by atoms with van der Waals surface area (Å²) >= 11 is 0. The van der Waals surface area contributed by atoms with E-state index in [9.17, 15) is 43.2 Å². The van der Waals surface area contributed by atoms with Crippen molar-refractivity contribution >= 4 is 39.5 Å². The topological polar surface area (TPSA) is 237 Å². The lowest BCUT2D eigenvalue weighted by atomic mass is 10.0. The minimum atomic E-state index is -4.95. The average molecular weight is 1340 g/mol. The van der Waals surface area contributed by atoms with Gasteiger partial charge in [0, 0.05) is 25.7 Å². The van der Waals surface area contributed by atoms with Gasteiger partial charge in [0.15, 0.2) is 12.2 Å². The molecule has 0 aliphatic rings. The van der Waals surface area contributed by atoms with Crippen LogP contribution in [0.15, 0.2) is 0 Å². The maximum absolute atomic E-state index is 13.0. The fraction of sp³-hybridized carbons (Fsp3) is 0.944. The molecule has 0 aromatic carbocycles. The lowest BCUT2D eigenvalue weighted by Crippen LogP contribution is -2.30. The Hall–Kier alpha value is -1.94. The quantitative estimate of drug-likeness (QED) is 0.0222. The van der Waals surface area contributed by atoms with Gasteiger partial charge in [-0.1, -0.05) is 318 Å². The first-order valence-corrected chi connectivity index (χ1v) is 40.5. The zero-order valence-corrected chi connectivity index (χ0v) is 60.9. The summed E-state index contributed by atoms with van der Waals surface area (Å²) in [7, 11) is -9.90. The number of ether oxygens (including phenoxy) is 4. The van der Waals surface area contributed by atoms with E-state index in [0.717, 1.165) is 102 Å². The van der Waals surface area contributed by atoms with Crippen LogP contribution in [0.1, 0.15) is 369 Å². The Kier molecular flexibility index (Phi) is 62.7. The van der Waals surface area contributed by atoms with Crippen LogP contribution >= 0.6 is 15.6 Å². The van der Waals surface area contributed by atoms with Crippen LogP contribution < -0.4 is 0 Å². The summed E-state index contributed by atoms with van der Waals surface area (Å²) in [6.45, 7) is 9.46. The zero-order chi connectivity index (χ0) is 67.2. The molecule has 0 heterocycles. The monoisotopic (exact) mass is 1340 g/mol. The molecule has 0 radical (unpaired) electrons. The SMILES string of the molecule is CCCCCCCCCCCCCCCCCCCCC(=O)O[C@H](COC(=O)CCCCCCCCCCCC(C)C)COP(=O)(O)OC[C@@H](O)COP(=O)(O)OC[C@@H](COC(=O)CCCCCCCCC(C)C)OC(=O)CCCCCCCCCCCCCC. The number of phosphoric ester groups is 2. The fourth-order valence-corrected chi connectivity index (χ4v) is 12.5. The maximum atomic E-state index is 13.0. The molecule has 3 N–H and O–H groups in total. The molecule has 540 valence electrons. The number of hydrogen-bond acceptors (Lipinski definition) is 15. The Bertz CT molecular complexity index is 1770. The molecule has 91 heavy (non-hydrogen) atoms. The van der Waals surface area contributed by atoms with E-state index in [1.165, 1.54) is 180 Å². The number of aliphatic hydroxyl groups excluding tert-OH is 1. The van der Waals surface area contributed by atoms with Crippen LogP contribution in [0.25, 0.3) is 0 Å². The van der Waals surface area contributed by atoms with Gasteiger partial charge in [0.2, 0.25) is 0 Å². The molecule has 5 atom stereocenters. The molecular formula is C72H140O17P2. The van der Waals surface area contributed by atoms with E-state index in [4.69, 9.17) is 37.0 Å². The van der Waals surface area contributed by atoms with E-state index < -0.39 is 97.5 Å². The van der Waals surface area contributed by atoms with Gasteiger partial charge in [-0.05, 0) is 37.5 Å². The number of aliphatic hydroxyl groups is 1. The van der Waals surface area contributed by atoms with E-state index in [1.807, 2.05) is 0 Å². The third-order valence-corrected chi connectivity index (χ3v) is 18.6. The minimum Gasteiger partial charge on any atom is -0.462 e. The van der Waals surface area contributed by atoms with Crippen LogP contribution in [-0.4, -0.2) is 96.7 Å². The summed E-state index contributed by atoms with van der Waals surface area (Å²) in [5.74, 6) is -0.699. The highest BCUT2D eigenvalue weighted by Crippen LogP contribution is 2.45. The maximum Gasteiger partial charge on any atom is 0.472 e. The van der Waals surface area contributed by atoms with Crippen molar-refractivity contribution in [2.45, 2.75) is 387 Å². The molecule has 0 saturated heterocycles. The predicted molar refractivity (Wildman–Crippen MR) is 368 cm³/mol. The van der Waals surface area contributed by atoms with E-state index >= 15 is 0 Å². The zero-order valence-electron chi connectivity index (χ0n) is 59.1. The Morgan fingerprint density at radius 2 is 0.505 bits per heavy atom. The summed E-state index contributed by atoms with van der Waals surface area (Å²) in [5.41, 5.74) is 0. The van der Waals surface area contributed by atoms with Gasteiger partial charge in [0.1, 0.15) is 19.3 Å². The molecule has 2 unspecified atom stereocenters. The molecule has 0 spiro atoms. The molecule has 0 amide bonds. The number of rotatable bonds is 71. The van der Waals surface area contributed by atoms with Crippen molar-refractivity contribution in [1.82, 2.24) is 0 Å². The third kappa shape index (κ3) is 66.5. The Morgan fingerprint density at radius 1 is 0.297 bits per heavy atom. The number of phosphoric acid groups is 2. The number of hydrogen-bond donors (Lipinski definition) is 3. The molecule has 0 fully saturated rings. The van der Waals surface area contributed by atoms with Gasteiger partial charge in [-0.15, -0.1) is 0 Å². The van der Waals surface area contributed by atoms with Crippen molar-refractivity contribution < 1.29 is 80.2 Å². The normalized spacial score (nSPS) is 14.1. The summed E-state index contributed by atoms with van der Waals surface area (Å²) < 4.78 is 68.3. The smallest absolute Gasteiger partial charge is 0.462 e.